The number of nitrogens with one attached hydrogen (secondary N) is 2. The molecule has 2 aliphatic heterocycles. The van der Waals surface area contributed by atoms with Crippen molar-refractivity contribution < 1.29 is 26.3 Å². The van der Waals surface area contributed by atoms with Crippen molar-refractivity contribution in [2.45, 2.75) is 35.5 Å². The summed E-state index contributed by atoms with van der Waals surface area (Å²) in [7, 11) is -7.79. The van der Waals surface area contributed by atoms with Gasteiger partial charge in [-0.2, -0.15) is 0 Å². The molecule has 2 heterocycles. The Balaban J connectivity index is 1.32. The molecule has 4 aromatic rings. The summed E-state index contributed by atoms with van der Waals surface area (Å²) >= 11 is 0. The maximum Gasteiger partial charge on any atom is 0.261 e. The van der Waals surface area contributed by atoms with Crippen molar-refractivity contribution in [3.63, 3.8) is 0 Å². The van der Waals surface area contributed by atoms with E-state index in [0.29, 0.717) is 46.9 Å². The van der Waals surface area contributed by atoms with Crippen LogP contribution in [0.2, 0.25) is 0 Å². The summed E-state index contributed by atoms with van der Waals surface area (Å²) in [6, 6.07) is 19.9. The van der Waals surface area contributed by atoms with Crippen LogP contribution in [0.5, 0.6) is 11.5 Å². The highest BCUT2D eigenvalue weighted by Gasteiger charge is 2.22. The Kier molecular flexibility index (Phi) is 6.16. The first-order valence-corrected chi connectivity index (χ1v) is 15.4. The van der Waals surface area contributed by atoms with Gasteiger partial charge >= 0.3 is 0 Å². The van der Waals surface area contributed by atoms with Gasteiger partial charge in [-0.3, -0.25) is 9.44 Å². The molecule has 196 valence electrons. The maximum absolute atomic E-state index is 13.3. The zero-order valence-electron chi connectivity index (χ0n) is 20.4. The van der Waals surface area contributed by atoms with Crippen molar-refractivity contribution in [3.05, 3.63) is 83.9 Å². The quantitative estimate of drug-likeness (QED) is 0.346. The minimum atomic E-state index is -3.89. The summed E-state index contributed by atoms with van der Waals surface area (Å²) in [5.74, 6) is 1.42. The van der Waals surface area contributed by atoms with E-state index in [-0.39, 0.29) is 9.79 Å². The molecule has 6 rings (SSSR count). The number of anilines is 2. The smallest absolute Gasteiger partial charge is 0.261 e. The molecule has 0 saturated heterocycles. The van der Waals surface area contributed by atoms with Crippen molar-refractivity contribution in [1.82, 2.24) is 0 Å². The molecule has 8 nitrogen and oxygen atoms in total. The molecule has 2 N–H and O–H groups in total. The van der Waals surface area contributed by atoms with Gasteiger partial charge in [-0.1, -0.05) is 24.3 Å². The highest BCUT2D eigenvalue weighted by molar-refractivity contribution is 7.93. The second kappa shape index (κ2) is 9.52. The van der Waals surface area contributed by atoms with Crippen LogP contribution in [0, 0.1) is 0 Å². The van der Waals surface area contributed by atoms with E-state index >= 15 is 0 Å². The Labute approximate surface area is 221 Å². The van der Waals surface area contributed by atoms with E-state index in [0.717, 1.165) is 36.8 Å². The molecule has 0 radical (unpaired) electrons. The van der Waals surface area contributed by atoms with Crippen LogP contribution in [-0.4, -0.2) is 30.0 Å². The monoisotopic (exact) mass is 550 g/mol. The molecule has 0 spiro atoms. The molecule has 0 bridgehead atoms. The molecule has 0 fully saturated rings. The number of sulfonamides is 2. The summed E-state index contributed by atoms with van der Waals surface area (Å²) in [6.07, 6.45) is 3.19. The van der Waals surface area contributed by atoms with Gasteiger partial charge in [-0.25, -0.2) is 16.8 Å². The maximum atomic E-state index is 13.3. The summed E-state index contributed by atoms with van der Waals surface area (Å²) in [5.41, 5.74) is 2.43. The van der Waals surface area contributed by atoms with Gasteiger partial charge in [0.25, 0.3) is 20.0 Å². The Morgan fingerprint density at radius 3 is 1.47 bits per heavy atom. The third-order valence-corrected chi connectivity index (χ3v) is 9.52. The van der Waals surface area contributed by atoms with Crippen molar-refractivity contribution in [3.8, 4) is 11.5 Å². The topological polar surface area (TPSA) is 111 Å². The number of fused-ring (bicyclic) bond motifs is 3. The standard InChI is InChI=1S/C28H26N2O6S2/c31-37(32,21-9-13-27-19(17-21)5-3-15-35-27)29-25-11-12-26(24-8-2-1-7-23(24)25)30-38(33,34)22-10-14-28-20(18-22)6-4-16-36-28/h1-2,7-14,17-18,29-30H,3-6,15-16H2. The van der Waals surface area contributed by atoms with Crippen LogP contribution in [0.3, 0.4) is 0 Å². The average molecular weight is 551 g/mol. The van der Waals surface area contributed by atoms with E-state index in [1.54, 1.807) is 60.7 Å². The molecule has 0 unspecified atom stereocenters. The summed E-state index contributed by atoms with van der Waals surface area (Å²) in [4.78, 5) is 0.291. The predicted molar refractivity (Wildman–Crippen MR) is 146 cm³/mol. The molecule has 0 aliphatic carbocycles. The number of hydrogen-bond acceptors (Lipinski definition) is 6. The second-order valence-corrected chi connectivity index (χ2v) is 12.7. The van der Waals surface area contributed by atoms with Gasteiger partial charge in [0.2, 0.25) is 0 Å². The lowest BCUT2D eigenvalue weighted by atomic mass is 10.1. The van der Waals surface area contributed by atoms with Gasteiger partial charge in [0.05, 0.1) is 34.4 Å². The molecule has 10 heteroatoms. The third-order valence-electron chi connectivity index (χ3n) is 6.79. The first-order chi connectivity index (χ1) is 18.3. The third kappa shape index (κ3) is 4.65. The molecule has 0 saturated carbocycles. The Hall–Kier alpha value is -3.76. The normalized spacial score (nSPS) is 15.1. The lowest BCUT2D eigenvalue weighted by Crippen LogP contribution is -2.16. The van der Waals surface area contributed by atoms with Crippen LogP contribution < -0.4 is 18.9 Å². The summed E-state index contributed by atoms with van der Waals surface area (Å²) < 4.78 is 69.7. The fraction of sp³-hybridized carbons (Fsp3) is 0.214. The van der Waals surface area contributed by atoms with Gasteiger partial charge in [0, 0.05) is 10.8 Å². The molecule has 4 aromatic carbocycles. The van der Waals surface area contributed by atoms with E-state index in [1.807, 2.05) is 0 Å². The minimum absolute atomic E-state index is 0.145. The van der Waals surface area contributed by atoms with Gasteiger partial charge in [0.15, 0.2) is 0 Å². The Bertz CT molecular complexity index is 1640. The van der Waals surface area contributed by atoms with E-state index in [4.69, 9.17) is 9.47 Å². The molecule has 38 heavy (non-hydrogen) atoms. The van der Waals surface area contributed by atoms with Crippen LogP contribution in [-0.2, 0) is 32.9 Å². The van der Waals surface area contributed by atoms with Crippen LogP contribution in [0.15, 0.2) is 82.6 Å². The van der Waals surface area contributed by atoms with Crippen molar-refractivity contribution >= 4 is 42.2 Å². The van der Waals surface area contributed by atoms with Gasteiger partial charge in [-0.05, 0) is 85.3 Å². The first kappa shape index (κ1) is 24.6. The fourth-order valence-electron chi connectivity index (χ4n) is 4.89. The van der Waals surface area contributed by atoms with Crippen LogP contribution in [0.4, 0.5) is 11.4 Å². The number of rotatable bonds is 6. The molecule has 2 aliphatic rings. The number of hydrogen-bond donors (Lipinski definition) is 2. The minimum Gasteiger partial charge on any atom is -0.493 e. The van der Waals surface area contributed by atoms with E-state index in [9.17, 15) is 16.8 Å². The van der Waals surface area contributed by atoms with Crippen molar-refractivity contribution in [2.75, 3.05) is 22.7 Å². The van der Waals surface area contributed by atoms with E-state index in [1.165, 1.54) is 12.1 Å². The second-order valence-electron chi connectivity index (χ2n) is 9.36. The fourth-order valence-corrected chi connectivity index (χ4v) is 7.15. The van der Waals surface area contributed by atoms with E-state index < -0.39 is 20.0 Å². The lowest BCUT2D eigenvalue weighted by Gasteiger charge is -2.19. The molecular formula is C28H26N2O6S2. The largest absolute Gasteiger partial charge is 0.493 e. The van der Waals surface area contributed by atoms with Crippen LogP contribution in [0.25, 0.3) is 10.8 Å². The average Bonchev–Trinajstić information content (AvgIpc) is 2.93. The molecular weight excluding hydrogens is 524 g/mol. The highest BCUT2D eigenvalue weighted by atomic mass is 32.2. The molecule has 0 atom stereocenters. The Morgan fingerprint density at radius 1 is 0.579 bits per heavy atom. The number of benzene rings is 4. The van der Waals surface area contributed by atoms with Crippen molar-refractivity contribution in [1.29, 1.82) is 0 Å². The summed E-state index contributed by atoms with van der Waals surface area (Å²) in [6.45, 7) is 1.25. The first-order valence-electron chi connectivity index (χ1n) is 12.4. The van der Waals surface area contributed by atoms with Crippen LogP contribution >= 0.6 is 0 Å². The zero-order valence-corrected chi connectivity index (χ0v) is 22.1. The summed E-state index contributed by atoms with van der Waals surface area (Å²) in [5, 5.41) is 1.13. The van der Waals surface area contributed by atoms with Crippen molar-refractivity contribution in [2.24, 2.45) is 0 Å². The predicted octanol–water partition coefficient (Wildman–Crippen LogP) is 5.09. The van der Waals surface area contributed by atoms with E-state index in [2.05, 4.69) is 9.44 Å². The molecule has 0 amide bonds. The van der Waals surface area contributed by atoms with Gasteiger partial charge < -0.3 is 9.47 Å². The number of ether oxygens (including phenoxy) is 2. The number of aryl methyl sites for hydroxylation is 2. The van der Waals surface area contributed by atoms with Gasteiger partial charge in [-0.15, -0.1) is 0 Å². The zero-order chi connectivity index (χ0) is 26.3. The van der Waals surface area contributed by atoms with Crippen LogP contribution in [0.1, 0.15) is 24.0 Å². The highest BCUT2D eigenvalue weighted by Crippen LogP contribution is 2.34. The molecule has 0 aromatic heterocycles. The Morgan fingerprint density at radius 2 is 1.03 bits per heavy atom. The lowest BCUT2D eigenvalue weighted by molar-refractivity contribution is 0.288. The van der Waals surface area contributed by atoms with Gasteiger partial charge in [0.1, 0.15) is 11.5 Å². The SMILES string of the molecule is O=S(=O)(Nc1ccc(NS(=O)(=O)c2ccc3c(c2)CCCO3)c2ccccc12)c1ccc2c(c1)CCCO2.